The van der Waals surface area contributed by atoms with Gasteiger partial charge in [0, 0.05) is 16.6 Å². The Morgan fingerprint density at radius 3 is 2.20 bits per heavy atom. The molecule has 4 rings (SSSR count). The van der Waals surface area contributed by atoms with Crippen molar-refractivity contribution in [3.63, 3.8) is 0 Å². The van der Waals surface area contributed by atoms with E-state index in [1.165, 1.54) is 24.3 Å². The number of sulfonamides is 1. The van der Waals surface area contributed by atoms with Gasteiger partial charge in [0.2, 0.25) is 10.0 Å². The van der Waals surface area contributed by atoms with Crippen molar-refractivity contribution in [3.8, 4) is 0 Å². The third-order valence-corrected chi connectivity index (χ3v) is 6.69. The van der Waals surface area contributed by atoms with Crippen LogP contribution in [0.1, 0.15) is 40.4 Å². The molecule has 1 amide bonds. The zero-order chi connectivity index (χ0) is 21.1. The normalized spacial score (nSPS) is 14.8. The molecular weight excluding hydrogens is 420 g/mol. The molecule has 0 bridgehead atoms. The summed E-state index contributed by atoms with van der Waals surface area (Å²) in [6.45, 7) is 0. The van der Waals surface area contributed by atoms with Gasteiger partial charge in [-0.3, -0.25) is 4.79 Å². The Morgan fingerprint density at radius 1 is 0.900 bits per heavy atom. The van der Waals surface area contributed by atoms with Crippen molar-refractivity contribution >= 4 is 27.5 Å². The van der Waals surface area contributed by atoms with Gasteiger partial charge >= 0.3 is 0 Å². The van der Waals surface area contributed by atoms with Crippen LogP contribution in [0.4, 0.5) is 0 Å². The first-order valence-electron chi connectivity index (χ1n) is 9.66. The summed E-state index contributed by atoms with van der Waals surface area (Å²) < 4.78 is 27.3. The van der Waals surface area contributed by atoms with Gasteiger partial charge in [-0.15, -0.1) is 0 Å². The molecule has 1 unspecified atom stereocenters. The van der Waals surface area contributed by atoms with Crippen molar-refractivity contribution in [1.82, 2.24) is 10.0 Å². The summed E-state index contributed by atoms with van der Waals surface area (Å²) in [5, 5.41) is 3.61. The maximum Gasteiger partial charge on any atom is 0.252 e. The number of nitrogens with one attached hydrogen (secondary N) is 2. The molecule has 154 valence electrons. The van der Waals surface area contributed by atoms with Crippen LogP contribution in [0.2, 0.25) is 5.02 Å². The van der Waals surface area contributed by atoms with E-state index in [4.69, 9.17) is 11.6 Å². The molecule has 7 heteroatoms. The molecule has 3 aromatic rings. The van der Waals surface area contributed by atoms with Crippen molar-refractivity contribution in [3.05, 3.63) is 101 Å². The number of benzene rings is 3. The summed E-state index contributed by atoms with van der Waals surface area (Å²) in [6, 6.07) is 22.5. The highest BCUT2D eigenvalue weighted by Crippen LogP contribution is 2.25. The minimum atomic E-state index is -3.55. The summed E-state index contributed by atoms with van der Waals surface area (Å²) in [4.78, 5) is 13.1. The molecule has 3 aromatic carbocycles. The highest BCUT2D eigenvalue weighted by Gasteiger charge is 2.28. The van der Waals surface area contributed by atoms with Crippen LogP contribution in [0.25, 0.3) is 0 Å². The monoisotopic (exact) mass is 440 g/mol. The Bertz CT molecular complexity index is 1140. The van der Waals surface area contributed by atoms with Gasteiger partial charge in [0.1, 0.15) is 0 Å². The van der Waals surface area contributed by atoms with E-state index in [0.717, 1.165) is 24.0 Å². The number of halogens is 1. The Kier molecular flexibility index (Phi) is 5.90. The zero-order valence-electron chi connectivity index (χ0n) is 16.1. The molecule has 1 atom stereocenters. The van der Waals surface area contributed by atoms with Crippen LogP contribution in [0, 0.1) is 0 Å². The van der Waals surface area contributed by atoms with E-state index in [1.54, 1.807) is 6.07 Å². The molecule has 1 aliphatic carbocycles. The summed E-state index contributed by atoms with van der Waals surface area (Å²) >= 11 is 6.15. The van der Waals surface area contributed by atoms with E-state index in [9.17, 15) is 13.2 Å². The molecule has 1 aliphatic rings. The Morgan fingerprint density at radius 2 is 1.57 bits per heavy atom. The molecule has 0 aromatic heterocycles. The average Bonchev–Trinajstić information content (AvgIpc) is 3.56. The Hall–Kier alpha value is -2.67. The fourth-order valence-electron chi connectivity index (χ4n) is 3.18. The third kappa shape index (κ3) is 4.90. The highest BCUT2D eigenvalue weighted by atomic mass is 35.5. The van der Waals surface area contributed by atoms with E-state index in [1.807, 2.05) is 48.5 Å². The summed E-state index contributed by atoms with van der Waals surface area (Å²) in [5.41, 5.74) is 2.15. The van der Waals surface area contributed by atoms with Crippen molar-refractivity contribution < 1.29 is 13.2 Å². The van der Waals surface area contributed by atoms with Crippen LogP contribution in [0.3, 0.4) is 0 Å². The van der Waals surface area contributed by atoms with E-state index in [-0.39, 0.29) is 16.8 Å². The molecular formula is C23H21ClN2O3S. The standard InChI is InChI=1S/C23H21ClN2O3S/c24-19-8-4-7-18(15-19)22(16-5-2-1-3-6-16)25-23(27)17-9-13-21(14-10-17)30(28,29)26-20-11-12-20/h1-10,13-15,20,22,26H,11-12H2,(H,25,27). The SMILES string of the molecule is O=C(NC(c1ccccc1)c1cccc(Cl)c1)c1ccc(S(=O)(=O)NC2CC2)cc1. The molecule has 0 spiro atoms. The molecule has 5 nitrogen and oxygen atoms in total. The van der Waals surface area contributed by atoms with Gasteiger partial charge < -0.3 is 5.32 Å². The number of hydrogen-bond donors (Lipinski definition) is 2. The molecule has 0 aliphatic heterocycles. The summed E-state index contributed by atoms with van der Waals surface area (Å²) in [5.74, 6) is -0.303. The van der Waals surface area contributed by atoms with Gasteiger partial charge in [-0.2, -0.15) is 0 Å². The third-order valence-electron chi connectivity index (χ3n) is 4.92. The lowest BCUT2D eigenvalue weighted by Gasteiger charge is -2.20. The fraction of sp³-hybridized carbons (Fsp3) is 0.174. The molecule has 2 N–H and O–H groups in total. The lowest BCUT2D eigenvalue weighted by atomic mass is 9.98. The fourth-order valence-corrected chi connectivity index (χ4v) is 4.68. The highest BCUT2D eigenvalue weighted by molar-refractivity contribution is 7.89. The first-order chi connectivity index (χ1) is 14.4. The Labute approximate surface area is 181 Å². The first-order valence-corrected chi connectivity index (χ1v) is 11.5. The maximum absolute atomic E-state index is 12.9. The lowest BCUT2D eigenvalue weighted by Crippen LogP contribution is -2.29. The maximum atomic E-state index is 12.9. The van der Waals surface area contributed by atoms with Crippen molar-refractivity contribution in [2.45, 2.75) is 29.8 Å². The second-order valence-corrected chi connectivity index (χ2v) is 9.44. The predicted octanol–water partition coefficient (Wildman–Crippen LogP) is 4.30. The molecule has 0 saturated heterocycles. The molecule has 1 saturated carbocycles. The zero-order valence-corrected chi connectivity index (χ0v) is 17.7. The van der Waals surface area contributed by atoms with E-state index < -0.39 is 16.1 Å². The summed E-state index contributed by atoms with van der Waals surface area (Å²) in [7, 11) is -3.55. The van der Waals surface area contributed by atoms with Gasteiger partial charge in [0.25, 0.3) is 5.91 Å². The van der Waals surface area contributed by atoms with Gasteiger partial charge in [0.05, 0.1) is 10.9 Å². The number of hydrogen-bond acceptors (Lipinski definition) is 3. The number of carbonyl (C=O) groups is 1. The van der Waals surface area contributed by atoms with Crippen molar-refractivity contribution in [2.75, 3.05) is 0 Å². The average molecular weight is 441 g/mol. The van der Waals surface area contributed by atoms with Crippen LogP contribution >= 0.6 is 11.6 Å². The van der Waals surface area contributed by atoms with E-state index >= 15 is 0 Å². The molecule has 0 radical (unpaired) electrons. The smallest absolute Gasteiger partial charge is 0.252 e. The number of amides is 1. The summed E-state index contributed by atoms with van der Waals surface area (Å²) in [6.07, 6.45) is 1.73. The largest absolute Gasteiger partial charge is 0.341 e. The van der Waals surface area contributed by atoms with Crippen LogP contribution in [0.15, 0.2) is 83.8 Å². The topological polar surface area (TPSA) is 75.3 Å². The van der Waals surface area contributed by atoms with Gasteiger partial charge in [0.15, 0.2) is 0 Å². The van der Waals surface area contributed by atoms with Crippen LogP contribution in [0.5, 0.6) is 0 Å². The van der Waals surface area contributed by atoms with Crippen LogP contribution < -0.4 is 10.0 Å². The molecule has 1 fully saturated rings. The number of rotatable bonds is 7. The number of carbonyl (C=O) groups excluding carboxylic acids is 1. The lowest BCUT2D eigenvalue weighted by molar-refractivity contribution is 0.0943. The first kappa shape index (κ1) is 20.6. The Balaban J connectivity index is 1.56. The van der Waals surface area contributed by atoms with Crippen LogP contribution in [-0.2, 0) is 10.0 Å². The second-order valence-electron chi connectivity index (χ2n) is 7.29. The van der Waals surface area contributed by atoms with E-state index in [2.05, 4.69) is 10.0 Å². The quantitative estimate of drug-likeness (QED) is 0.575. The van der Waals surface area contributed by atoms with Gasteiger partial charge in [-0.1, -0.05) is 54.1 Å². The minimum Gasteiger partial charge on any atom is -0.341 e. The molecule has 0 heterocycles. The van der Waals surface area contributed by atoms with Gasteiger partial charge in [-0.25, -0.2) is 13.1 Å². The second kappa shape index (κ2) is 8.60. The van der Waals surface area contributed by atoms with E-state index in [0.29, 0.717) is 10.6 Å². The minimum absolute atomic E-state index is 0.0299. The van der Waals surface area contributed by atoms with Crippen molar-refractivity contribution in [1.29, 1.82) is 0 Å². The molecule has 30 heavy (non-hydrogen) atoms. The van der Waals surface area contributed by atoms with Gasteiger partial charge in [-0.05, 0) is 60.4 Å². The van der Waals surface area contributed by atoms with Crippen LogP contribution in [-0.4, -0.2) is 20.4 Å². The predicted molar refractivity (Wildman–Crippen MR) is 117 cm³/mol. The van der Waals surface area contributed by atoms with Crippen molar-refractivity contribution in [2.24, 2.45) is 0 Å².